The summed E-state index contributed by atoms with van der Waals surface area (Å²) < 4.78 is 5.40. The van der Waals surface area contributed by atoms with Crippen molar-refractivity contribution in [2.45, 2.75) is 24.9 Å². The average molecular weight is 329 g/mol. The highest BCUT2D eigenvalue weighted by Crippen LogP contribution is 2.22. The van der Waals surface area contributed by atoms with E-state index in [0.29, 0.717) is 5.56 Å². The third-order valence-electron chi connectivity index (χ3n) is 3.78. The van der Waals surface area contributed by atoms with E-state index < -0.39 is 24.4 Å². The fraction of sp³-hybridized carbons (Fsp3) is 0.316. The van der Waals surface area contributed by atoms with Crippen LogP contribution in [0.15, 0.2) is 60.7 Å². The van der Waals surface area contributed by atoms with Gasteiger partial charge in [-0.2, -0.15) is 0 Å². The summed E-state index contributed by atoms with van der Waals surface area (Å²) in [5, 5.41) is 20.4. The van der Waals surface area contributed by atoms with Gasteiger partial charge in [0.05, 0.1) is 6.10 Å². The predicted octanol–water partition coefficient (Wildman–Crippen LogP) is 2.27. The van der Waals surface area contributed by atoms with Crippen molar-refractivity contribution in [2.24, 2.45) is 0 Å². The zero-order valence-electron chi connectivity index (χ0n) is 13.9. The maximum absolute atomic E-state index is 12.2. The molecule has 2 aromatic rings. The first-order valence-corrected chi connectivity index (χ1v) is 7.82. The van der Waals surface area contributed by atoms with Gasteiger partial charge in [0.2, 0.25) is 0 Å². The molecule has 24 heavy (non-hydrogen) atoms. The highest BCUT2D eigenvalue weighted by atomic mass is 16.6. The smallest absolute Gasteiger partial charge is 0.341 e. The summed E-state index contributed by atoms with van der Waals surface area (Å²) >= 11 is 0. The van der Waals surface area contributed by atoms with Crippen LogP contribution in [0.3, 0.4) is 0 Å². The van der Waals surface area contributed by atoms with Gasteiger partial charge in [-0.05, 0) is 25.2 Å². The van der Waals surface area contributed by atoms with Gasteiger partial charge < -0.3 is 14.9 Å². The Kier molecular flexibility index (Phi) is 6.49. The van der Waals surface area contributed by atoms with Crippen molar-refractivity contribution in [1.82, 2.24) is 4.90 Å². The number of esters is 1. The standard InChI is InChI=1S/C19H23NO4/c1-20(2)17(13-16(21)14-9-5-3-6-10-14)24-19(23)18(22)15-11-7-4-8-12-15/h3-12,16-18,21-22H,13H2,1-2H3/t16-,17?,18-/m1/s1. The van der Waals surface area contributed by atoms with E-state index in [1.165, 1.54) is 0 Å². The van der Waals surface area contributed by atoms with Crippen molar-refractivity contribution in [1.29, 1.82) is 0 Å². The molecule has 0 spiro atoms. The molecule has 0 saturated heterocycles. The second-order valence-electron chi connectivity index (χ2n) is 5.83. The number of aliphatic hydroxyl groups is 2. The number of hydrogen-bond donors (Lipinski definition) is 2. The van der Waals surface area contributed by atoms with Gasteiger partial charge in [-0.15, -0.1) is 0 Å². The molecule has 0 saturated carbocycles. The molecule has 0 aliphatic heterocycles. The van der Waals surface area contributed by atoms with Crippen molar-refractivity contribution < 1.29 is 19.7 Å². The lowest BCUT2D eigenvalue weighted by atomic mass is 10.1. The van der Waals surface area contributed by atoms with E-state index in [-0.39, 0.29) is 6.42 Å². The third kappa shape index (κ3) is 4.89. The molecule has 3 atom stereocenters. The van der Waals surface area contributed by atoms with Crippen molar-refractivity contribution in [3.8, 4) is 0 Å². The normalized spacial score (nSPS) is 14.9. The topological polar surface area (TPSA) is 70.0 Å². The minimum Gasteiger partial charge on any atom is -0.444 e. The molecule has 0 amide bonds. The number of rotatable bonds is 7. The van der Waals surface area contributed by atoms with Crippen LogP contribution in [0.1, 0.15) is 29.8 Å². The van der Waals surface area contributed by atoms with Crippen molar-refractivity contribution in [2.75, 3.05) is 14.1 Å². The summed E-state index contributed by atoms with van der Waals surface area (Å²) in [6.07, 6.45) is -2.54. The van der Waals surface area contributed by atoms with Crippen LogP contribution in [0.5, 0.6) is 0 Å². The van der Waals surface area contributed by atoms with Gasteiger partial charge in [0.15, 0.2) is 12.3 Å². The Labute approximate surface area is 142 Å². The molecular weight excluding hydrogens is 306 g/mol. The maximum Gasteiger partial charge on any atom is 0.341 e. The first-order chi connectivity index (χ1) is 11.5. The molecule has 0 fully saturated rings. The number of benzene rings is 2. The molecular formula is C19H23NO4. The average Bonchev–Trinajstić information content (AvgIpc) is 2.61. The Morgan fingerprint density at radius 3 is 1.96 bits per heavy atom. The van der Waals surface area contributed by atoms with Crippen LogP contribution < -0.4 is 0 Å². The van der Waals surface area contributed by atoms with Crippen molar-refractivity contribution in [3.05, 3.63) is 71.8 Å². The number of carbonyl (C=O) groups is 1. The molecule has 2 rings (SSSR count). The largest absolute Gasteiger partial charge is 0.444 e. The van der Waals surface area contributed by atoms with Crippen LogP contribution in [0.2, 0.25) is 0 Å². The van der Waals surface area contributed by atoms with Crippen LogP contribution in [0, 0.1) is 0 Å². The van der Waals surface area contributed by atoms with Crippen molar-refractivity contribution >= 4 is 5.97 Å². The number of carbonyl (C=O) groups excluding carboxylic acids is 1. The van der Waals surface area contributed by atoms with Gasteiger partial charge >= 0.3 is 5.97 Å². The summed E-state index contributed by atoms with van der Waals surface area (Å²) in [6.45, 7) is 0. The molecule has 0 aromatic heterocycles. The Morgan fingerprint density at radius 1 is 0.958 bits per heavy atom. The molecule has 0 heterocycles. The van der Waals surface area contributed by atoms with E-state index in [1.807, 2.05) is 30.3 Å². The third-order valence-corrected chi connectivity index (χ3v) is 3.78. The van der Waals surface area contributed by atoms with E-state index in [4.69, 9.17) is 4.74 Å². The van der Waals surface area contributed by atoms with Gasteiger partial charge in [-0.1, -0.05) is 60.7 Å². The summed E-state index contributed by atoms with van der Waals surface area (Å²) in [7, 11) is 3.51. The molecule has 128 valence electrons. The second kappa shape index (κ2) is 8.59. The van der Waals surface area contributed by atoms with Gasteiger partial charge in [0.1, 0.15) is 0 Å². The number of nitrogens with zero attached hydrogens (tertiary/aromatic N) is 1. The first-order valence-electron chi connectivity index (χ1n) is 7.82. The number of hydrogen-bond acceptors (Lipinski definition) is 5. The van der Waals surface area contributed by atoms with Crippen LogP contribution >= 0.6 is 0 Å². The van der Waals surface area contributed by atoms with E-state index in [1.54, 1.807) is 49.3 Å². The zero-order valence-corrected chi connectivity index (χ0v) is 13.9. The highest BCUT2D eigenvalue weighted by molar-refractivity contribution is 5.76. The van der Waals surface area contributed by atoms with Gasteiger partial charge in [0, 0.05) is 6.42 Å². The van der Waals surface area contributed by atoms with E-state index in [0.717, 1.165) is 5.56 Å². The molecule has 5 heteroatoms. The fourth-order valence-electron chi connectivity index (χ4n) is 2.34. The SMILES string of the molecule is CN(C)C(C[C@@H](O)c1ccccc1)OC(=O)[C@H](O)c1ccccc1. The first kappa shape index (κ1) is 18.1. The monoisotopic (exact) mass is 329 g/mol. The Balaban J connectivity index is 2.02. The van der Waals surface area contributed by atoms with Gasteiger partial charge in [-0.25, -0.2) is 4.79 Å². The lowest BCUT2D eigenvalue weighted by Crippen LogP contribution is -2.36. The Bertz CT molecular complexity index is 630. The molecule has 0 radical (unpaired) electrons. The van der Waals surface area contributed by atoms with Crippen LogP contribution in [-0.2, 0) is 9.53 Å². The predicted molar refractivity (Wildman–Crippen MR) is 91.0 cm³/mol. The number of ether oxygens (including phenoxy) is 1. The lowest BCUT2D eigenvalue weighted by molar-refractivity contribution is -0.170. The van der Waals surface area contributed by atoms with E-state index >= 15 is 0 Å². The van der Waals surface area contributed by atoms with E-state index in [9.17, 15) is 15.0 Å². The summed E-state index contributed by atoms with van der Waals surface area (Å²) in [5.41, 5.74) is 1.23. The van der Waals surface area contributed by atoms with Crippen molar-refractivity contribution in [3.63, 3.8) is 0 Å². The molecule has 2 N–H and O–H groups in total. The minimum absolute atomic E-state index is 0.213. The van der Waals surface area contributed by atoms with Gasteiger partial charge in [-0.3, -0.25) is 4.90 Å². The zero-order chi connectivity index (χ0) is 17.5. The lowest BCUT2D eigenvalue weighted by Gasteiger charge is -2.27. The molecule has 1 unspecified atom stereocenters. The summed E-state index contributed by atoms with van der Waals surface area (Å²) in [4.78, 5) is 13.9. The van der Waals surface area contributed by atoms with E-state index in [2.05, 4.69) is 0 Å². The molecule has 0 aliphatic carbocycles. The highest BCUT2D eigenvalue weighted by Gasteiger charge is 2.26. The molecule has 0 bridgehead atoms. The van der Waals surface area contributed by atoms with Gasteiger partial charge in [0.25, 0.3) is 0 Å². The Morgan fingerprint density at radius 2 is 1.46 bits per heavy atom. The second-order valence-corrected chi connectivity index (χ2v) is 5.83. The van der Waals surface area contributed by atoms with Crippen LogP contribution in [-0.4, -0.2) is 41.4 Å². The fourth-order valence-corrected chi connectivity index (χ4v) is 2.34. The number of aliphatic hydroxyl groups excluding tert-OH is 2. The molecule has 5 nitrogen and oxygen atoms in total. The summed E-state index contributed by atoms with van der Waals surface area (Å²) in [5.74, 6) is -0.736. The molecule has 0 aliphatic rings. The van der Waals surface area contributed by atoms with Crippen LogP contribution in [0.4, 0.5) is 0 Å². The maximum atomic E-state index is 12.2. The summed E-state index contributed by atoms with van der Waals surface area (Å²) in [6, 6.07) is 17.8. The van der Waals surface area contributed by atoms with Crippen LogP contribution in [0.25, 0.3) is 0 Å². The Hall–Kier alpha value is -2.21. The quantitative estimate of drug-likeness (QED) is 0.602. The minimum atomic E-state index is -1.34. The molecule has 2 aromatic carbocycles.